The molecule has 0 radical (unpaired) electrons. The van der Waals surface area contributed by atoms with Gasteiger partial charge in [0.2, 0.25) is 5.91 Å². The van der Waals surface area contributed by atoms with E-state index >= 15 is 0 Å². The smallest absolute Gasteiger partial charge is 0.220 e. The van der Waals surface area contributed by atoms with Crippen molar-refractivity contribution in [1.29, 1.82) is 0 Å². The van der Waals surface area contributed by atoms with Crippen molar-refractivity contribution in [2.45, 2.75) is 54.9 Å². The van der Waals surface area contributed by atoms with Gasteiger partial charge < -0.3 is 10.6 Å². The lowest BCUT2D eigenvalue weighted by Crippen LogP contribution is -2.45. The lowest BCUT2D eigenvalue weighted by Gasteiger charge is -2.41. The van der Waals surface area contributed by atoms with Crippen LogP contribution >= 0.6 is 0 Å². The van der Waals surface area contributed by atoms with E-state index in [-0.39, 0.29) is 23.0 Å². The molecule has 0 aromatic rings. The molecule has 2 N–H and O–H groups in total. The topological polar surface area (TPSA) is 58.2 Å². The Labute approximate surface area is 124 Å². The molecule has 4 nitrogen and oxygen atoms in total. The Bertz CT molecular complexity index is 333. The van der Waals surface area contributed by atoms with Gasteiger partial charge in [0.1, 0.15) is 5.78 Å². The number of carbonyl (C=O) groups is 2. The molecule has 0 spiro atoms. The molecule has 1 amide bonds. The third-order valence-corrected chi connectivity index (χ3v) is 4.31. The van der Waals surface area contributed by atoms with Gasteiger partial charge in [-0.2, -0.15) is 0 Å². The highest BCUT2D eigenvalue weighted by molar-refractivity contribution is 5.87. The third kappa shape index (κ3) is 5.23. The van der Waals surface area contributed by atoms with Gasteiger partial charge in [-0.15, -0.1) is 0 Å². The Morgan fingerprint density at radius 3 is 2.05 bits per heavy atom. The lowest BCUT2D eigenvalue weighted by atomic mass is 9.62. The standard InChI is InChI=1S/C16H32N2O2/c1-8-17-9-10-18-13(19)11-15(4,5)16(6,7)14(20)12(2)3/h12,17H,8-11H2,1-7H3,(H,18,19). The molecule has 20 heavy (non-hydrogen) atoms. The highest BCUT2D eigenvalue weighted by Crippen LogP contribution is 2.43. The SMILES string of the molecule is CCNCCNC(=O)CC(C)(C)C(C)(C)C(=O)C(C)C. The first-order chi connectivity index (χ1) is 9.06. The number of hydrogen-bond donors (Lipinski definition) is 2. The number of carbonyl (C=O) groups excluding carboxylic acids is 2. The van der Waals surface area contributed by atoms with Crippen LogP contribution in [0.5, 0.6) is 0 Å². The Morgan fingerprint density at radius 1 is 1.05 bits per heavy atom. The number of nitrogens with one attached hydrogen (secondary N) is 2. The number of likely N-dealkylation sites (N-methyl/N-ethyl adjacent to an activating group) is 1. The van der Waals surface area contributed by atoms with E-state index in [1.165, 1.54) is 0 Å². The first-order valence-electron chi connectivity index (χ1n) is 7.58. The minimum Gasteiger partial charge on any atom is -0.355 e. The zero-order valence-electron chi connectivity index (χ0n) is 14.2. The summed E-state index contributed by atoms with van der Waals surface area (Å²) in [6.07, 6.45) is 0.366. The van der Waals surface area contributed by atoms with Crippen molar-refractivity contribution in [2.24, 2.45) is 16.7 Å². The first kappa shape index (κ1) is 19.1. The molecule has 0 saturated carbocycles. The maximum atomic E-state index is 12.4. The van der Waals surface area contributed by atoms with Crippen molar-refractivity contribution in [2.75, 3.05) is 19.6 Å². The van der Waals surface area contributed by atoms with Gasteiger partial charge in [-0.25, -0.2) is 0 Å². The minimum atomic E-state index is -0.514. The van der Waals surface area contributed by atoms with Crippen LogP contribution in [0.15, 0.2) is 0 Å². The Balaban J connectivity index is 4.56. The monoisotopic (exact) mass is 284 g/mol. The summed E-state index contributed by atoms with van der Waals surface area (Å²) in [5, 5.41) is 6.06. The van der Waals surface area contributed by atoms with Gasteiger partial charge in [-0.05, 0) is 12.0 Å². The van der Waals surface area contributed by atoms with Gasteiger partial charge in [0.25, 0.3) is 0 Å². The van der Waals surface area contributed by atoms with Crippen LogP contribution in [0, 0.1) is 16.7 Å². The number of Topliss-reactive ketones (excluding diaryl/α,β-unsaturated/α-hetero) is 1. The quantitative estimate of drug-likeness (QED) is 0.639. The predicted octanol–water partition coefficient (Wildman–Crippen LogP) is 2.38. The van der Waals surface area contributed by atoms with Gasteiger partial charge >= 0.3 is 0 Å². The fourth-order valence-corrected chi connectivity index (χ4v) is 2.21. The summed E-state index contributed by atoms with van der Waals surface area (Å²) in [6.45, 7) is 16.0. The van der Waals surface area contributed by atoms with Crippen LogP contribution in [-0.2, 0) is 9.59 Å². The van der Waals surface area contributed by atoms with E-state index in [0.717, 1.165) is 13.1 Å². The Kier molecular flexibility index (Phi) is 7.42. The molecule has 0 bridgehead atoms. The second-order valence-corrected chi connectivity index (χ2v) is 6.91. The molecule has 0 aromatic carbocycles. The van der Waals surface area contributed by atoms with E-state index in [4.69, 9.17) is 0 Å². The van der Waals surface area contributed by atoms with Crippen molar-refractivity contribution in [3.63, 3.8) is 0 Å². The molecule has 0 fully saturated rings. The fourth-order valence-electron chi connectivity index (χ4n) is 2.21. The van der Waals surface area contributed by atoms with Crippen LogP contribution < -0.4 is 10.6 Å². The second kappa shape index (κ2) is 7.77. The van der Waals surface area contributed by atoms with Crippen LogP contribution in [-0.4, -0.2) is 31.3 Å². The van der Waals surface area contributed by atoms with E-state index in [0.29, 0.717) is 13.0 Å². The van der Waals surface area contributed by atoms with Crippen LogP contribution in [0.2, 0.25) is 0 Å². The van der Waals surface area contributed by atoms with Crippen molar-refractivity contribution < 1.29 is 9.59 Å². The molecule has 118 valence electrons. The molecule has 0 atom stereocenters. The Morgan fingerprint density at radius 2 is 1.60 bits per heavy atom. The number of hydrogen-bond acceptors (Lipinski definition) is 3. The summed E-state index contributed by atoms with van der Waals surface area (Å²) < 4.78 is 0. The van der Waals surface area contributed by atoms with Crippen molar-refractivity contribution in [1.82, 2.24) is 10.6 Å². The Hall–Kier alpha value is -0.900. The molecule has 0 aliphatic heterocycles. The number of rotatable bonds is 9. The predicted molar refractivity (Wildman–Crippen MR) is 83.6 cm³/mol. The van der Waals surface area contributed by atoms with E-state index in [2.05, 4.69) is 10.6 Å². The van der Waals surface area contributed by atoms with E-state index in [1.807, 2.05) is 48.5 Å². The van der Waals surface area contributed by atoms with E-state index in [1.54, 1.807) is 0 Å². The normalized spacial score (nSPS) is 12.6. The number of amides is 1. The summed E-state index contributed by atoms with van der Waals surface area (Å²) in [7, 11) is 0. The molecule has 0 heterocycles. The average Bonchev–Trinajstić information content (AvgIpc) is 2.32. The number of ketones is 1. The van der Waals surface area contributed by atoms with Crippen molar-refractivity contribution in [3.8, 4) is 0 Å². The van der Waals surface area contributed by atoms with Crippen LogP contribution in [0.25, 0.3) is 0 Å². The molecule has 0 aromatic heterocycles. The summed E-state index contributed by atoms with van der Waals surface area (Å²) in [4.78, 5) is 24.4. The first-order valence-corrected chi connectivity index (χ1v) is 7.58. The minimum absolute atomic E-state index is 0.0116. The van der Waals surface area contributed by atoms with Crippen LogP contribution in [0.4, 0.5) is 0 Å². The molecule has 0 aliphatic rings. The molecule has 0 rings (SSSR count). The summed E-state index contributed by atoms with van der Waals surface area (Å²) in [5.74, 6) is 0.210. The summed E-state index contributed by atoms with van der Waals surface area (Å²) in [6, 6.07) is 0. The van der Waals surface area contributed by atoms with Crippen molar-refractivity contribution in [3.05, 3.63) is 0 Å². The maximum absolute atomic E-state index is 12.4. The third-order valence-electron chi connectivity index (χ3n) is 4.31. The van der Waals surface area contributed by atoms with Crippen LogP contribution in [0.3, 0.4) is 0 Å². The highest BCUT2D eigenvalue weighted by Gasteiger charge is 2.44. The largest absolute Gasteiger partial charge is 0.355 e. The fraction of sp³-hybridized carbons (Fsp3) is 0.875. The second-order valence-electron chi connectivity index (χ2n) is 6.91. The lowest BCUT2D eigenvalue weighted by molar-refractivity contribution is -0.138. The highest BCUT2D eigenvalue weighted by atomic mass is 16.1. The molecule has 0 saturated heterocycles. The molecular formula is C16H32N2O2. The summed E-state index contributed by atoms with van der Waals surface area (Å²) in [5.41, 5.74) is -0.878. The zero-order valence-corrected chi connectivity index (χ0v) is 14.2. The van der Waals surface area contributed by atoms with Gasteiger partial charge in [0.05, 0.1) is 0 Å². The maximum Gasteiger partial charge on any atom is 0.220 e. The zero-order chi connectivity index (χ0) is 16.0. The van der Waals surface area contributed by atoms with Gasteiger partial charge in [-0.1, -0.05) is 48.5 Å². The van der Waals surface area contributed by atoms with E-state index < -0.39 is 5.41 Å². The van der Waals surface area contributed by atoms with Gasteiger partial charge in [-0.3, -0.25) is 9.59 Å². The van der Waals surface area contributed by atoms with E-state index in [9.17, 15) is 9.59 Å². The van der Waals surface area contributed by atoms with Crippen molar-refractivity contribution >= 4 is 11.7 Å². The molecule has 0 unspecified atom stereocenters. The molecule has 4 heteroatoms. The van der Waals surface area contributed by atoms with Gasteiger partial charge in [0, 0.05) is 30.8 Å². The summed E-state index contributed by atoms with van der Waals surface area (Å²) >= 11 is 0. The van der Waals surface area contributed by atoms with Crippen LogP contribution in [0.1, 0.15) is 54.9 Å². The molecular weight excluding hydrogens is 252 g/mol. The average molecular weight is 284 g/mol. The molecule has 0 aliphatic carbocycles. The van der Waals surface area contributed by atoms with Gasteiger partial charge in [0.15, 0.2) is 0 Å².